The van der Waals surface area contributed by atoms with Crippen molar-refractivity contribution in [1.29, 1.82) is 0 Å². The Morgan fingerprint density at radius 3 is 2.52 bits per heavy atom. The summed E-state index contributed by atoms with van der Waals surface area (Å²) < 4.78 is 6.07. The molecule has 0 spiro atoms. The molecule has 1 aromatic heterocycles. The molecule has 0 radical (unpaired) electrons. The lowest BCUT2D eigenvalue weighted by molar-refractivity contribution is 0.0358. The Morgan fingerprint density at radius 1 is 1.12 bits per heavy atom. The van der Waals surface area contributed by atoms with Crippen LogP contribution in [0.3, 0.4) is 0 Å². The van der Waals surface area contributed by atoms with E-state index < -0.39 is 0 Å². The summed E-state index contributed by atoms with van der Waals surface area (Å²) in [4.78, 5) is 19.1. The number of fused-ring (bicyclic) bond motifs is 2. The van der Waals surface area contributed by atoms with E-state index in [4.69, 9.17) is 27.9 Å². The van der Waals surface area contributed by atoms with Crippen molar-refractivity contribution >= 4 is 29.1 Å². The zero-order chi connectivity index (χ0) is 17.4. The summed E-state index contributed by atoms with van der Waals surface area (Å²) in [7, 11) is 0. The highest BCUT2D eigenvalue weighted by Gasteiger charge is 2.44. The van der Waals surface area contributed by atoms with Gasteiger partial charge in [-0.15, -0.1) is 0 Å². The van der Waals surface area contributed by atoms with Crippen molar-refractivity contribution in [1.82, 2.24) is 9.88 Å². The molecule has 0 aliphatic carbocycles. The zero-order valence-corrected chi connectivity index (χ0v) is 15.1. The Balaban J connectivity index is 1.48. The van der Waals surface area contributed by atoms with Gasteiger partial charge in [-0.1, -0.05) is 23.2 Å². The molecule has 2 aliphatic rings. The predicted octanol–water partition coefficient (Wildman–Crippen LogP) is 4.60. The van der Waals surface area contributed by atoms with E-state index in [0.717, 1.165) is 31.4 Å². The third-order valence-electron chi connectivity index (χ3n) is 5.03. The number of nitrogens with zero attached hydrogens (tertiary/aromatic N) is 2. The highest BCUT2D eigenvalue weighted by Crippen LogP contribution is 2.38. The number of halogens is 2. The Hall–Kier alpha value is -1.78. The zero-order valence-electron chi connectivity index (χ0n) is 13.6. The largest absolute Gasteiger partial charge is 0.489 e. The Bertz CT molecular complexity index is 770. The molecular formula is C19H18Cl2N2O2. The number of hydrogen-bond donors (Lipinski definition) is 0. The van der Waals surface area contributed by atoms with E-state index in [-0.39, 0.29) is 24.1 Å². The Morgan fingerprint density at radius 2 is 1.88 bits per heavy atom. The summed E-state index contributed by atoms with van der Waals surface area (Å²) in [6.45, 7) is 0. The summed E-state index contributed by atoms with van der Waals surface area (Å²) in [6.07, 6.45) is 7.32. The van der Waals surface area contributed by atoms with E-state index in [0.29, 0.717) is 15.6 Å². The Kier molecular flexibility index (Phi) is 4.57. The first-order chi connectivity index (χ1) is 12.1. The first-order valence-corrected chi connectivity index (χ1v) is 9.22. The second-order valence-corrected chi connectivity index (χ2v) is 7.44. The molecule has 2 saturated heterocycles. The van der Waals surface area contributed by atoms with Gasteiger partial charge in [0.2, 0.25) is 0 Å². The average molecular weight is 377 g/mol. The fourth-order valence-electron chi connectivity index (χ4n) is 3.94. The topological polar surface area (TPSA) is 42.4 Å². The van der Waals surface area contributed by atoms with Crippen LogP contribution in [0.4, 0.5) is 0 Å². The molecule has 2 bridgehead atoms. The maximum absolute atomic E-state index is 13.0. The summed E-state index contributed by atoms with van der Waals surface area (Å²) in [6, 6.07) is 9.29. The number of hydrogen-bond acceptors (Lipinski definition) is 3. The minimum Gasteiger partial charge on any atom is -0.489 e. The van der Waals surface area contributed by atoms with Crippen LogP contribution in [0.25, 0.3) is 0 Å². The molecule has 0 unspecified atom stereocenters. The highest BCUT2D eigenvalue weighted by atomic mass is 35.5. The normalized spacial score (nSPS) is 25.0. The van der Waals surface area contributed by atoms with Crippen LogP contribution >= 0.6 is 23.2 Å². The molecule has 4 nitrogen and oxygen atoms in total. The van der Waals surface area contributed by atoms with E-state index in [1.807, 2.05) is 17.0 Å². The third kappa shape index (κ3) is 3.33. The third-order valence-corrected chi connectivity index (χ3v) is 5.77. The number of ether oxygens (including phenoxy) is 1. The molecule has 4 rings (SSSR count). The lowest BCUT2D eigenvalue weighted by atomic mass is 9.98. The van der Waals surface area contributed by atoms with E-state index >= 15 is 0 Å². The SMILES string of the molecule is O=C(c1ccc(Cl)c(Cl)c1)N1[C@H]2CC[C@H]1CC(Oc1cccnc1)C2. The van der Waals surface area contributed by atoms with Gasteiger partial charge in [-0.3, -0.25) is 9.78 Å². The monoisotopic (exact) mass is 376 g/mol. The lowest BCUT2D eigenvalue weighted by Crippen LogP contribution is -2.49. The van der Waals surface area contributed by atoms with Crippen molar-refractivity contribution < 1.29 is 9.53 Å². The van der Waals surface area contributed by atoms with Crippen molar-refractivity contribution in [2.45, 2.75) is 43.9 Å². The fourth-order valence-corrected chi connectivity index (χ4v) is 4.24. The fraction of sp³-hybridized carbons (Fsp3) is 0.368. The van der Waals surface area contributed by atoms with E-state index in [1.54, 1.807) is 30.6 Å². The van der Waals surface area contributed by atoms with Gasteiger partial charge in [0.05, 0.1) is 16.2 Å². The number of carbonyl (C=O) groups excluding carboxylic acids is 1. The molecular weight excluding hydrogens is 359 g/mol. The minimum absolute atomic E-state index is 0.0332. The predicted molar refractivity (Wildman–Crippen MR) is 97.3 cm³/mol. The molecule has 6 heteroatoms. The Labute approximate surface area is 156 Å². The molecule has 3 heterocycles. The van der Waals surface area contributed by atoms with Crippen LogP contribution in [0.1, 0.15) is 36.0 Å². The molecule has 0 N–H and O–H groups in total. The van der Waals surface area contributed by atoms with E-state index in [2.05, 4.69) is 4.98 Å². The number of amides is 1. The van der Waals surface area contributed by atoms with Crippen molar-refractivity contribution in [2.24, 2.45) is 0 Å². The number of benzene rings is 1. The van der Waals surface area contributed by atoms with Crippen molar-refractivity contribution in [2.75, 3.05) is 0 Å². The van der Waals surface area contributed by atoms with Crippen LogP contribution in [-0.2, 0) is 0 Å². The maximum Gasteiger partial charge on any atom is 0.254 e. The number of pyridine rings is 1. The molecule has 130 valence electrons. The standard InChI is InChI=1S/C19H18Cl2N2O2/c20-17-6-3-12(8-18(17)21)19(24)23-13-4-5-14(23)10-16(9-13)25-15-2-1-7-22-11-15/h1-3,6-8,11,13-14,16H,4-5,9-10H2/t13-,14-/m0/s1. The van der Waals surface area contributed by atoms with Gasteiger partial charge in [0, 0.05) is 36.7 Å². The molecule has 1 aromatic carbocycles. The van der Waals surface area contributed by atoms with Gasteiger partial charge in [-0.05, 0) is 43.2 Å². The maximum atomic E-state index is 13.0. The molecule has 2 fully saturated rings. The van der Waals surface area contributed by atoms with Crippen molar-refractivity contribution in [3.8, 4) is 5.75 Å². The number of carbonyl (C=O) groups is 1. The molecule has 2 aromatic rings. The van der Waals surface area contributed by atoms with Crippen LogP contribution in [0.2, 0.25) is 10.0 Å². The number of aromatic nitrogens is 1. The van der Waals surface area contributed by atoms with Crippen LogP contribution in [-0.4, -0.2) is 34.0 Å². The summed E-state index contributed by atoms with van der Waals surface area (Å²) in [5.41, 5.74) is 0.595. The van der Waals surface area contributed by atoms with Gasteiger partial charge in [-0.2, -0.15) is 0 Å². The van der Waals surface area contributed by atoms with Gasteiger partial charge >= 0.3 is 0 Å². The summed E-state index contributed by atoms with van der Waals surface area (Å²) in [5.74, 6) is 0.821. The molecule has 1 amide bonds. The second-order valence-electron chi connectivity index (χ2n) is 6.63. The van der Waals surface area contributed by atoms with Crippen molar-refractivity contribution in [3.05, 3.63) is 58.3 Å². The number of rotatable bonds is 3. The van der Waals surface area contributed by atoms with Crippen LogP contribution in [0, 0.1) is 0 Å². The molecule has 0 saturated carbocycles. The van der Waals surface area contributed by atoms with Gasteiger partial charge in [0.15, 0.2) is 0 Å². The van der Waals surface area contributed by atoms with Gasteiger partial charge in [0.1, 0.15) is 11.9 Å². The first-order valence-electron chi connectivity index (χ1n) is 8.46. The smallest absolute Gasteiger partial charge is 0.254 e. The molecule has 2 atom stereocenters. The van der Waals surface area contributed by atoms with Gasteiger partial charge in [0.25, 0.3) is 5.91 Å². The van der Waals surface area contributed by atoms with Crippen LogP contribution in [0.15, 0.2) is 42.7 Å². The van der Waals surface area contributed by atoms with Gasteiger partial charge in [-0.25, -0.2) is 0 Å². The lowest BCUT2D eigenvalue weighted by Gasteiger charge is -2.39. The van der Waals surface area contributed by atoms with Crippen LogP contribution in [0.5, 0.6) is 5.75 Å². The minimum atomic E-state index is 0.0332. The second kappa shape index (κ2) is 6.85. The molecule has 25 heavy (non-hydrogen) atoms. The quantitative estimate of drug-likeness (QED) is 0.785. The van der Waals surface area contributed by atoms with E-state index in [1.165, 1.54) is 0 Å². The summed E-state index contributed by atoms with van der Waals surface area (Å²) in [5, 5.41) is 0.874. The number of piperidine rings is 1. The average Bonchev–Trinajstić information content (AvgIpc) is 2.88. The highest BCUT2D eigenvalue weighted by molar-refractivity contribution is 6.42. The molecule has 2 aliphatic heterocycles. The summed E-state index contributed by atoms with van der Waals surface area (Å²) >= 11 is 12.0. The first kappa shape index (κ1) is 16.7. The van der Waals surface area contributed by atoms with Crippen molar-refractivity contribution in [3.63, 3.8) is 0 Å². The van der Waals surface area contributed by atoms with Crippen LogP contribution < -0.4 is 4.74 Å². The van der Waals surface area contributed by atoms with Gasteiger partial charge < -0.3 is 9.64 Å². The van der Waals surface area contributed by atoms with E-state index in [9.17, 15) is 4.79 Å².